The number of rotatable bonds is 5. The number of aliphatic hydroxyl groups is 1. The lowest BCUT2D eigenvalue weighted by molar-refractivity contribution is -0.126. The molecule has 0 aliphatic carbocycles. The summed E-state index contributed by atoms with van der Waals surface area (Å²) in [6, 6.07) is 0. The molecule has 0 unspecified atom stereocenters. The SMILES string of the molecule is CCC[C@@]1(CO)C[C@@H](OC(C)(C)C(C)(C)C)CN1C(=O)OC(C)(C)C. The van der Waals surface area contributed by atoms with E-state index < -0.39 is 11.1 Å². The molecule has 0 saturated carbocycles. The van der Waals surface area contributed by atoms with Gasteiger partial charge in [-0.1, -0.05) is 34.1 Å². The summed E-state index contributed by atoms with van der Waals surface area (Å²) in [5.74, 6) is 0. The zero-order chi connectivity index (χ0) is 19.7. The van der Waals surface area contributed by atoms with Gasteiger partial charge in [0, 0.05) is 6.42 Å². The molecule has 1 aliphatic rings. The van der Waals surface area contributed by atoms with Gasteiger partial charge < -0.3 is 14.6 Å². The van der Waals surface area contributed by atoms with Crippen molar-refractivity contribution >= 4 is 6.09 Å². The largest absolute Gasteiger partial charge is 0.444 e. The van der Waals surface area contributed by atoms with E-state index >= 15 is 0 Å². The van der Waals surface area contributed by atoms with Gasteiger partial charge >= 0.3 is 6.09 Å². The van der Waals surface area contributed by atoms with Crippen molar-refractivity contribution in [3.8, 4) is 0 Å². The van der Waals surface area contributed by atoms with Crippen molar-refractivity contribution in [3.63, 3.8) is 0 Å². The van der Waals surface area contributed by atoms with E-state index in [1.807, 2.05) is 20.8 Å². The standard InChI is InChI=1S/C20H39NO4/c1-10-11-20(14-22)12-15(24-19(8,9)17(2,3)4)13-21(20)16(23)25-18(5,6)7/h15,22H,10-14H2,1-9H3/t15-,20+/m1/s1. The molecule has 148 valence electrons. The zero-order valence-electron chi connectivity index (χ0n) is 17.7. The predicted molar refractivity (Wildman–Crippen MR) is 101 cm³/mol. The van der Waals surface area contributed by atoms with E-state index in [0.29, 0.717) is 13.0 Å². The van der Waals surface area contributed by atoms with Gasteiger partial charge in [0.2, 0.25) is 0 Å². The molecular formula is C20H39NO4. The summed E-state index contributed by atoms with van der Waals surface area (Å²) in [4.78, 5) is 14.5. The Labute approximate surface area is 154 Å². The summed E-state index contributed by atoms with van der Waals surface area (Å²) in [7, 11) is 0. The van der Waals surface area contributed by atoms with E-state index in [-0.39, 0.29) is 29.8 Å². The van der Waals surface area contributed by atoms with Crippen molar-refractivity contribution in [2.75, 3.05) is 13.2 Å². The quantitative estimate of drug-likeness (QED) is 0.794. The van der Waals surface area contributed by atoms with Gasteiger partial charge in [0.05, 0.1) is 30.4 Å². The first-order chi connectivity index (χ1) is 11.2. The van der Waals surface area contributed by atoms with Gasteiger partial charge in [0.1, 0.15) is 5.60 Å². The molecular weight excluding hydrogens is 318 g/mol. The maximum Gasteiger partial charge on any atom is 0.410 e. The van der Waals surface area contributed by atoms with Crippen LogP contribution in [-0.4, -0.2) is 52.1 Å². The fourth-order valence-corrected chi connectivity index (χ4v) is 3.18. The Balaban J connectivity index is 3.04. The van der Waals surface area contributed by atoms with Gasteiger partial charge in [-0.15, -0.1) is 0 Å². The Bertz CT molecular complexity index is 461. The van der Waals surface area contributed by atoms with Crippen LogP contribution in [0.15, 0.2) is 0 Å². The Hall–Kier alpha value is -0.810. The van der Waals surface area contributed by atoms with E-state index in [2.05, 4.69) is 41.5 Å². The highest BCUT2D eigenvalue weighted by Gasteiger charge is 2.50. The Morgan fingerprint density at radius 2 is 1.72 bits per heavy atom. The lowest BCUT2D eigenvalue weighted by Gasteiger charge is -2.40. The molecule has 0 aromatic rings. The average Bonchev–Trinajstić information content (AvgIpc) is 2.74. The van der Waals surface area contributed by atoms with E-state index in [9.17, 15) is 9.90 Å². The summed E-state index contributed by atoms with van der Waals surface area (Å²) in [5.41, 5.74) is -1.53. The Morgan fingerprint density at radius 1 is 1.16 bits per heavy atom. The third kappa shape index (κ3) is 5.33. The molecule has 0 radical (unpaired) electrons. The van der Waals surface area contributed by atoms with E-state index in [0.717, 1.165) is 12.8 Å². The highest BCUT2D eigenvalue weighted by molar-refractivity contribution is 5.70. The van der Waals surface area contributed by atoms with Crippen molar-refractivity contribution in [1.82, 2.24) is 4.90 Å². The molecule has 5 nitrogen and oxygen atoms in total. The lowest BCUT2D eigenvalue weighted by Crippen LogP contribution is -2.51. The molecule has 1 fully saturated rings. The minimum atomic E-state index is -0.601. The smallest absolute Gasteiger partial charge is 0.410 e. The third-order valence-electron chi connectivity index (χ3n) is 5.46. The van der Waals surface area contributed by atoms with Crippen molar-refractivity contribution in [1.29, 1.82) is 0 Å². The van der Waals surface area contributed by atoms with Crippen LogP contribution in [0.2, 0.25) is 0 Å². The van der Waals surface area contributed by atoms with Crippen LogP contribution in [0.5, 0.6) is 0 Å². The molecule has 1 N–H and O–H groups in total. The Kier molecular flexibility index (Phi) is 6.61. The normalized spacial score (nSPS) is 25.4. The van der Waals surface area contributed by atoms with Crippen LogP contribution in [0.1, 0.15) is 81.6 Å². The molecule has 25 heavy (non-hydrogen) atoms. The summed E-state index contributed by atoms with van der Waals surface area (Å²) in [6.45, 7) is 18.7. The average molecular weight is 358 g/mol. The zero-order valence-corrected chi connectivity index (χ0v) is 17.7. The minimum Gasteiger partial charge on any atom is -0.444 e. The number of nitrogens with zero attached hydrogens (tertiary/aromatic N) is 1. The van der Waals surface area contributed by atoms with Crippen LogP contribution in [0, 0.1) is 5.41 Å². The van der Waals surface area contributed by atoms with Crippen LogP contribution < -0.4 is 0 Å². The second kappa shape index (κ2) is 7.43. The molecule has 0 aromatic heterocycles. The van der Waals surface area contributed by atoms with Crippen molar-refractivity contribution in [3.05, 3.63) is 0 Å². The first-order valence-corrected chi connectivity index (χ1v) is 9.47. The van der Waals surface area contributed by atoms with Gasteiger partial charge in [-0.2, -0.15) is 0 Å². The molecule has 1 amide bonds. The maximum atomic E-state index is 12.8. The minimum absolute atomic E-state index is 0.0288. The first kappa shape index (κ1) is 22.2. The fraction of sp³-hybridized carbons (Fsp3) is 0.950. The maximum absolute atomic E-state index is 12.8. The van der Waals surface area contributed by atoms with Crippen LogP contribution in [-0.2, 0) is 9.47 Å². The van der Waals surface area contributed by atoms with Gasteiger partial charge in [-0.3, -0.25) is 4.90 Å². The summed E-state index contributed by atoms with van der Waals surface area (Å²) in [6.07, 6.45) is 1.78. The fourth-order valence-electron chi connectivity index (χ4n) is 3.18. The molecule has 0 aromatic carbocycles. The summed E-state index contributed by atoms with van der Waals surface area (Å²) >= 11 is 0. The van der Waals surface area contributed by atoms with Crippen LogP contribution >= 0.6 is 0 Å². The van der Waals surface area contributed by atoms with Crippen LogP contribution in [0.3, 0.4) is 0 Å². The van der Waals surface area contributed by atoms with Crippen LogP contribution in [0.25, 0.3) is 0 Å². The van der Waals surface area contributed by atoms with Crippen molar-refractivity contribution in [2.24, 2.45) is 5.41 Å². The number of hydrogen-bond acceptors (Lipinski definition) is 4. The molecule has 1 heterocycles. The molecule has 1 rings (SSSR count). The summed E-state index contributed by atoms with van der Waals surface area (Å²) < 4.78 is 12.0. The number of amides is 1. The van der Waals surface area contributed by atoms with Crippen LogP contribution in [0.4, 0.5) is 4.79 Å². The topological polar surface area (TPSA) is 59.0 Å². The Morgan fingerprint density at radius 3 is 2.12 bits per heavy atom. The van der Waals surface area contributed by atoms with E-state index in [1.165, 1.54) is 0 Å². The number of hydrogen-bond donors (Lipinski definition) is 1. The van der Waals surface area contributed by atoms with Gasteiger partial charge in [0.25, 0.3) is 0 Å². The molecule has 5 heteroatoms. The first-order valence-electron chi connectivity index (χ1n) is 9.47. The monoisotopic (exact) mass is 357 g/mol. The molecule has 1 aliphatic heterocycles. The van der Waals surface area contributed by atoms with Crippen molar-refractivity contribution in [2.45, 2.75) is 104 Å². The summed E-state index contributed by atoms with van der Waals surface area (Å²) in [5, 5.41) is 10.1. The number of likely N-dealkylation sites (tertiary alicyclic amines) is 1. The van der Waals surface area contributed by atoms with E-state index in [4.69, 9.17) is 9.47 Å². The second-order valence-electron chi connectivity index (χ2n) is 9.93. The molecule has 2 atom stereocenters. The number of ether oxygens (including phenoxy) is 2. The highest BCUT2D eigenvalue weighted by Crippen LogP contribution is 2.41. The molecule has 0 bridgehead atoms. The number of aliphatic hydroxyl groups excluding tert-OH is 1. The highest BCUT2D eigenvalue weighted by atomic mass is 16.6. The van der Waals surface area contributed by atoms with Gasteiger partial charge in [-0.25, -0.2) is 4.79 Å². The molecule has 0 spiro atoms. The lowest BCUT2D eigenvalue weighted by atomic mass is 9.79. The predicted octanol–water partition coefficient (Wildman–Crippen LogP) is 4.37. The second-order valence-corrected chi connectivity index (χ2v) is 9.93. The number of carbonyl (C=O) groups excluding carboxylic acids is 1. The van der Waals surface area contributed by atoms with Gasteiger partial charge in [0.15, 0.2) is 0 Å². The third-order valence-corrected chi connectivity index (χ3v) is 5.46. The van der Waals surface area contributed by atoms with Crippen molar-refractivity contribution < 1.29 is 19.4 Å². The van der Waals surface area contributed by atoms with Gasteiger partial charge in [-0.05, 0) is 46.5 Å². The molecule has 1 saturated heterocycles. The number of carbonyl (C=O) groups is 1. The van der Waals surface area contributed by atoms with E-state index in [1.54, 1.807) is 4.90 Å².